The normalized spacial score (nSPS) is 14.8. The third kappa shape index (κ3) is 5.86. The molecule has 0 saturated carbocycles. The number of thiophene rings is 1. The Morgan fingerprint density at radius 1 is 0.822 bits per heavy atom. The van der Waals surface area contributed by atoms with Crippen LogP contribution in [0, 0.1) is 6.92 Å². The summed E-state index contributed by atoms with van der Waals surface area (Å²) in [5.74, 6) is 1.02. The highest BCUT2D eigenvalue weighted by Gasteiger charge is 2.34. The van der Waals surface area contributed by atoms with Crippen LogP contribution in [0.4, 0.5) is 0 Å². The first kappa shape index (κ1) is 29.3. The fourth-order valence-corrected chi connectivity index (χ4v) is 7.75. The van der Waals surface area contributed by atoms with Gasteiger partial charge in [-0.2, -0.15) is 0 Å². The lowest BCUT2D eigenvalue weighted by molar-refractivity contribution is 0.0631. The van der Waals surface area contributed by atoms with Gasteiger partial charge in [0.25, 0.3) is 11.8 Å². The molecule has 0 N–H and O–H groups in total. The SMILES string of the molecule is COc1ccc2c(Cc3ccc(CN4CCCC4)c(C)c3)c(-c3ccc(OCCN4C(=O)c5ccccc5C4=O)cc3)sc2c1. The van der Waals surface area contributed by atoms with Crippen LogP contribution in [0.3, 0.4) is 0 Å². The van der Waals surface area contributed by atoms with E-state index in [1.54, 1.807) is 42.7 Å². The van der Waals surface area contributed by atoms with E-state index in [2.05, 4.69) is 54.3 Å². The van der Waals surface area contributed by atoms with E-state index in [-0.39, 0.29) is 25.0 Å². The van der Waals surface area contributed by atoms with Crippen LogP contribution in [0.1, 0.15) is 55.8 Å². The molecule has 228 valence electrons. The molecule has 3 heterocycles. The van der Waals surface area contributed by atoms with Crippen molar-refractivity contribution in [1.82, 2.24) is 9.80 Å². The number of nitrogens with zero attached hydrogens (tertiary/aromatic N) is 2. The lowest BCUT2D eigenvalue weighted by atomic mass is 9.96. The van der Waals surface area contributed by atoms with Crippen molar-refractivity contribution < 1.29 is 19.1 Å². The number of imide groups is 1. The van der Waals surface area contributed by atoms with Crippen LogP contribution >= 0.6 is 11.3 Å². The maximum Gasteiger partial charge on any atom is 0.261 e. The highest BCUT2D eigenvalue weighted by molar-refractivity contribution is 7.22. The summed E-state index contributed by atoms with van der Waals surface area (Å²) in [4.78, 5) is 30.4. The topological polar surface area (TPSA) is 59.1 Å². The van der Waals surface area contributed by atoms with Gasteiger partial charge in [-0.15, -0.1) is 11.3 Å². The van der Waals surface area contributed by atoms with Crippen molar-refractivity contribution in [2.75, 3.05) is 33.4 Å². The molecule has 1 saturated heterocycles. The molecule has 2 aliphatic rings. The number of hydrogen-bond donors (Lipinski definition) is 0. The van der Waals surface area contributed by atoms with E-state index in [1.165, 1.54) is 68.0 Å². The first-order valence-electron chi connectivity index (χ1n) is 15.6. The maximum atomic E-state index is 12.7. The number of hydrogen-bond acceptors (Lipinski definition) is 6. The molecule has 0 unspecified atom stereocenters. The fourth-order valence-electron chi connectivity index (χ4n) is 6.50. The van der Waals surface area contributed by atoms with Crippen LogP contribution < -0.4 is 9.47 Å². The van der Waals surface area contributed by atoms with Gasteiger partial charge in [-0.1, -0.05) is 30.3 Å². The predicted octanol–water partition coefficient (Wildman–Crippen LogP) is 7.75. The Kier molecular flexibility index (Phi) is 8.13. The zero-order chi connectivity index (χ0) is 30.9. The van der Waals surface area contributed by atoms with Gasteiger partial charge in [-0.25, -0.2) is 0 Å². The number of amides is 2. The molecule has 45 heavy (non-hydrogen) atoms. The lowest BCUT2D eigenvalue weighted by Gasteiger charge is -2.17. The van der Waals surface area contributed by atoms with Gasteiger partial charge in [0.1, 0.15) is 18.1 Å². The summed E-state index contributed by atoms with van der Waals surface area (Å²) in [5.41, 5.74) is 7.42. The van der Waals surface area contributed by atoms with E-state index in [0.717, 1.165) is 24.3 Å². The quantitative estimate of drug-likeness (QED) is 0.150. The van der Waals surface area contributed by atoms with Crippen LogP contribution in [-0.2, 0) is 13.0 Å². The summed E-state index contributed by atoms with van der Waals surface area (Å²) in [7, 11) is 1.70. The van der Waals surface area contributed by atoms with Gasteiger partial charge in [-0.05, 0) is 127 Å². The Labute approximate surface area is 267 Å². The molecule has 0 aliphatic carbocycles. The third-order valence-corrected chi connectivity index (χ3v) is 10.2. The van der Waals surface area contributed by atoms with Crippen LogP contribution in [0.5, 0.6) is 11.5 Å². The van der Waals surface area contributed by atoms with Crippen LogP contribution in [0.25, 0.3) is 20.5 Å². The Hall–Kier alpha value is -4.46. The number of fused-ring (bicyclic) bond motifs is 2. The third-order valence-electron chi connectivity index (χ3n) is 8.96. The number of likely N-dealkylation sites (tertiary alicyclic amines) is 1. The van der Waals surface area contributed by atoms with E-state index >= 15 is 0 Å². The molecular formula is C38H36N2O4S. The molecule has 2 amide bonds. The van der Waals surface area contributed by atoms with Crippen molar-refractivity contribution in [2.24, 2.45) is 0 Å². The number of aryl methyl sites for hydroxylation is 1. The predicted molar refractivity (Wildman–Crippen MR) is 180 cm³/mol. The minimum absolute atomic E-state index is 0.201. The first-order valence-corrected chi connectivity index (χ1v) is 16.4. The number of benzene rings is 4. The summed E-state index contributed by atoms with van der Waals surface area (Å²) in [6, 6.07) is 28.3. The van der Waals surface area contributed by atoms with Crippen molar-refractivity contribution >= 4 is 33.2 Å². The molecule has 1 aromatic heterocycles. The van der Waals surface area contributed by atoms with E-state index in [1.807, 2.05) is 18.2 Å². The minimum atomic E-state index is -0.264. The van der Waals surface area contributed by atoms with Crippen LogP contribution in [0.15, 0.2) is 84.9 Å². The number of rotatable bonds is 10. The summed E-state index contributed by atoms with van der Waals surface area (Å²) >= 11 is 1.78. The second-order valence-electron chi connectivity index (χ2n) is 11.9. The Morgan fingerprint density at radius 3 is 2.22 bits per heavy atom. The minimum Gasteiger partial charge on any atom is -0.497 e. The fraction of sp³-hybridized carbons (Fsp3) is 0.263. The highest BCUT2D eigenvalue weighted by Crippen LogP contribution is 2.42. The summed E-state index contributed by atoms with van der Waals surface area (Å²) in [6.07, 6.45) is 3.45. The molecule has 6 nitrogen and oxygen atoms in total. The Balaban J connectivity index is 1.09. The summed E-state index contributed by atoms with van der Waals surface area (Å²) in [6.45, 7) is 6.10. The van der Waals surface area contributed by atoms with Crippen LogP contribution in [-0.4, -0.2) is 55.0 Å². The van der Waals surface area contributed by atoms with Gasteiger partial charge >= 0.3 is 0 Å². The molecule has 7 rings (SSSR count). The van der Waals surface area contributed by atoms with Crippen molar-refractivity contribution in [1.29, 1.82) is 0 Å². The molecule has 7 heteroatoms. The molecule has 0 radical (unpaired) electrons. The van der Waals surface area contributed by atoms with Gasteiger partial charge in [0.15, 0.2) is 0 Å². The second kappa shape index (κ2) is 12.5. The maximum absolute atomic E-state index is 12.7. The Morgan fingerprint density at radius 2 is 1.53 bits per heavy atom. The van der Waals surface area contributed by atoms with E-state index < -0.39 is 0 Å². The molecule has 1 fully saturated rings. The smallest absolute Gasteiger partial charge is 0.261 e. The molecule has 4 aromatic carbocycles. The van der Waals surface area contributed by atoms with Gasteiger partial charge in [0.2, 0.25) is 0 Å². The highest BCUT2D eigenvalue weighted by atomic mass is 32.1. The van der Waals surface area contributed by atoms with Gasteiger partial charge < -0.3 is 9.47 Å². The number of carbonyl (C=O) groups excluding carboxylic acids is 2. The van der Waals surface area contributed by atoms with Gasteiger partial charge in [-0.3, -0.25) is 19.4 Å². The number of ether oxygens (including phenoxy) is 2. The molecule has 0 atom stereocenters. The van der Waals surface area contributed by atoms with E-state index in [0.29, 0.717) is 16.9 Å². The number of methoxy groups -OCH3 is 1. The molecule has 2 aliphatic heterocycles. The second-order valence-corrected chi connectivity index (χ2v) is 12.9. The van der Waals surface area contributed by atoms with Crippen molar-refractivity contribution in [3.63, 3.8) is 0 Å². The molecular weight excluding hydrogens is 580 g/mol. The van der Waals surface area contributed by atoms with Gasteiger partial charge in [0.05, 0.1) is 24.8 Å². The summed E-state index contributed by atoms with van der Waals surface area (Å²) in [5, 5.41) is 1.25. The van der Waals surface area contributed by atoms with Crippen molar-refractivity contribution in [2.45, 2.75) is 32.7 Å². The zero-order valence-electron chi connectivity index (χ0n) is 25.7. The van der Waals surface area contributed by atoms with Crippen molar-refractivity contribution in [3.8, 4) is 21.9 Å². The lowest BCUT2D eigenvalue weighted by Crippen LogP contribution is -2.33. The van der Waals surface area contributed by atoms with Gasteiger partial charge in [0, 0.05) is 16.1 Å². The standard InChI is InChI=1S/C38H36N2O4S/c1-25-21-26(9-10-28(25)24-39-17-5-6-18-39)22-34-31-16-15-30(43-2)23-35(31)45-36(34)27-11-13-29(14-12-27)44-20-19-40-37(41)32-7-3-4-8-33(32)38(40)42/h3-4,7-16,21,23H,5-6,17-20,22,24H2,1-2H3. The summed E-state index contributed by atoms with van der Waals surface area (Å²) < 4.78 is 12.7. The first-order chi connectivity index (χ1) is 22.0. The van der Waals surface area contributed by atoms with Crippen LogP contribution in [0.2, 0.25) is 0 Å². The molecule has 0 spiro atoms. The average molecular weight is 617 g/mol. The van der Waals surface area contributed by atoms with E-state index in [4.69, 9.17) is 9.47 Å². The molecule has 0 bridgehead atoms. The zero-order valence-corrected chi connectivity index (χ0v) is 26.5. The number of carbonyl (C=O) groups is 2. The average Bonchev–Trinajstić information content (AvgIpc) is 3.77. The van der Waals surface area contributed by atoms with Crippen molar-refractivity contribution in [3.05, 3.63) is 118 Å². The molecule has 5 aromatic rings. The van der Waals surface area contributed by atoms with E-state index in [9.17, 15) is 9.59 Å². The monoisotopic (exact) mass is 616 g/mol. The Bertz CT molecular complexity index is 1850. The largest absolute Gasteiger partial charge is 0.497 e.